The van der Waals surface area contributed by atoms with Crippen LogP contribution in [0.3, 0.4) is 0 Å². The van der Waals surface area contributed by atoms with Gasteiger partial charge in [-0.25, -0.2) is 13.6 Å². The Morgan fingerprint density at radius 1 is 1.44 bits per heavy atom. The van der Waals surface area contributed by atoms with Crippen LogP contribution in [0.4, 0.5) is 0 Å². The van der Waals surface area contributed by atoms with Crippen molar-refractivity contribution in [2.24, 2.45) is 5.14 Å². The number of primary sulfonamides is 1. The molecule has 1 amide bonds. The average molecular weight is 289 g/mol. The third-order valence-corrected chi connectivity index (χ3v) is 4.50. The van der Waals surface area contributed by atoms with Crippen molar-refractivity contribution in [1.29, 1.82) is 0 Å². The first kappa shape index (κ1) is 13.3. The van der Waals surface area contributed by atoms with Gasteiger partial charge in [0.2, 0.25) is 15.9 Å². The van der Waals surface area contributed by atoms with Crippen LogP contribution in [0, 0.1) is 0 Å². The molecule has 2 N–H and O–H groups in total. The number of sulfonamides is 1. The summed E-state index contributed by atoms with van der Waals surface area (Å²) in [5.41, 5.74) is 1.41. The molecule has 0 spiro atoms. The predicted molar refractivity (Wildman–Crippen MR) is 67.6 cm³/mol. The molecule has 98 valence electrons. The van der Waals surface area contributed by atoms with E-state index < -0.39 is 10.0 Å². The van der Waals surface area contributed by atoms with Crippen molar-refractivity contribution in [3.63, 3.8) is 0 Å². The zero-order valence-corrected chi connectivity index (χ0v) is 11.4. The number of carbonyl (C=O) groups is 1. The van der Waals surface area contributed by atoms with Gasteiger partial charge < -0.3 is 4.90 Å². The SMILES string of the molecule is CC(=O)N1CCc2ccc(Cl)c(S(N)(=O)=O)c2C1. The zero-order chi connectivity index (χ0) is 13.5. The highest BCUT2D eigenvalue weighted by Crippen LogP contribution is 2.31. The Kier molecular flexibility index (Phi) is 3.35. The van der Waals surface area contributed by atoms with Crippen molar-refractivity contribution in [3.05, 3.63) is 28.3 Å². The van der Waals surface area contributed by atoms with E-state index >= 15 is 0 Å². The van der Waals surface area contributed by atoms with E-state index in [0.717, 1.165) is 5.56 Å². The maximum atomic E-state index is 11.6. The summed E-state index contributed by atoms with van der Waals surface area (Å²) >= 11 is 5.91. The molecule has 0 atom stereocenters. The number of halogens is 1. The van der Waals surface area contributed by atoms with Crippen molar-refractivity contribution in [2.45, 2.75) is 24.8 Å². The minimum absolute atomic E-state index is 0.0624. The molecular weight excluding hydrogens is 276 g/mol. The van der Waals surface area contributed by atoms with E-state index in [-0.39, 0.29) is 22.4 Å². The Labute approximate surface area is 111 Å². The molecule has 1 aromatic carbocycles. The number of rotatable bonds is 1. The molecule has 0 aliphatic carbocycles. The Hall–Kier alpha value is -1.11. The van der Waals surface area contributed by atoms with Gasteiger partial charge >= 0.3 is 0 Å². The first-order valence-electron chi connectivity index (χ1n) is 5.39. The highest BCUT2D eigenvalue weighted by molar-refractivity contribution is 7.89. The van der Waals surface area contributed by atoms with Crippen LogP contribution in [0.1, 0.15) is 18.1 Å². The van der Waals surface area contributed by atoms with E-state index in [0.29, 0.717) is 18.5 Å². The van der Waals surface area contributed by atoms with Crippen LogP contribution in [-0.2, 0) is 27.8 Å². The maximum Gasteiger partial charge on any atom is 0.239 e. The lowest BCUT2D eigenvalue weighted by Crippen LogP contribution is -2.35. The van der Waals surface area contributed by atoms with Crippen LogP contribution < -0.4 is 5.14 Å². The fraction of sp³-hybridized carbons (Fsp3) is 0.364. The van der Waals surface area contributed by atoms with E-state index in [1.807, 2.05) is 0 Å². The van der Waals surface area contributed by atoms with Crippen molar-refractivity contribution in [3.8, 4) is 0 Å². The number of nitrogens with two attached hydrogens (primary N) is 1. The van der Waals surface area contributed by atoms with Gasteiger partial charge in [-0.15, -0.1) is 0 Å². The number of carbonyl (C=O) groups excluding carboxylic acids is 1. The summed E-state index contributed by atoms with van der Waals surface area (Å²) in [6, 6.07) is 3.31. The van der Waals surface area contributed by atoms with Crippen LogP contribution in [0.25, 0.3) is 0 Å². The molecule has 18 heavy (non-hydrogen) atoms. The molecule has 1 aliphatic heterocycles. The molecule has 1 aliphatic rings. The highest BCUT2D eigenvalue weighted by Gasteiger charge is 2.26. The molecule has 5 nitrogen and oxygen atoms in total. The molecular formula is C11H13ClN2O3S. The fourth-order valence-electron chi connectivity index (χ4n) is 2.15. The quantitative estimate of drug-likeness (QED) is 0.833. The van der Waals surface area contributed by atoms with E-state index in [4.69, 9.17) is 16.7 Å². The molecule has 0 unspecified atom stereocenters. The Balaban J connectivity index is 2.60. The van der Waals surface area contributed by atoms with E-state index in [1.165, 1.54) is 13.0 Å². The molecule has 0 fully saturated rings. The minimum atomic E-state index is -3.89. The fourth-order valence-corrected chi connectivity index (χ4v) is 3.53. The molecule has 0 saturated carbocycles. The maximum absolute atomic E-state index is 11.6. The van der Waals surface area contributed by atoms with Gasteiger partial charge in [-0.3, -0.25) is 4.79 Å². The van der Waals surface area contributed by atoms with Crippen molar-refractivity contribution >= 4 is 27.5 Å². The molecule has 1 aromatic rings. The van der Waals surface area contributed by atoms with Gasteiger partial charge in [-0.1, -0.05) is 17.7 Å². The lowest BCUT2D eigenvalue weighted by molar-refractivity contribution is -0.129. The normalized spacial score (nSPS) is 15.4. The van der Waals surface area contributed by atoms with Gasteiger partial charge in [-0.05, 0) is 23.6 Å². The van der Waals surface area contributed by atoms with Gasteiger partial charge in [0.05, 0.1) is 5.02 Å². The first-order valence-corrected chi connectivity index (χ1v) is 7.31. The summed E-state index contributed by atoms with van der Waals surface area (Å²) in [7, 11) is -3.89. The first-order chi connectivity index (χ1) is 8.30. The largest absolute Gasteiger partial charge is 0.338 e. The predicted octanol–water partition coefficient (Wildman–Crippen LogP) is 0.892. The summed E-state index contributed by atoms with van der Waals surface area (Å²) < 4.78 is 23.2. The van der Waals surface area contributed by atoms with Crippen molar-refractivity contribution < 1.29 is 13.2 Å². The second-order valence-corrected chi connectivity index (χ2v) is 6.16. The van der Waals surface area contributed by atoms with Crippen LogP contribution in [0.2, 0.25) is 5.02 Å². The van der Waals surface area contributed by atoms with Crippen LogP contribution >= 0.6 is 11.6 Å². The number of hydrogen-bond donors (Lipinski definition) is 1. The number of fused-ring (bicyclic) bond motifs is 1. The molecule has 0 bridgehead atoms. The Morgan fingerprint density at radius 3 is 2.67 bits per heavy atom. The number of nitrogens with zero attached hydrogens (tertiary/aromatic N) is 1. The number of hydrogen-bond acceptors (Lipinski definition) is 3. The smallest absolute Gasteiger partial charge is 0.239 e. The molecule has 2 rings (SSSR count). The van der Waals surface area contributed by atoms with Gasteiger partial charge in [-0.2, -0.15) is 0 Å². The highest BCUT2D eigenvalue weighted by atomic mass is 35.5. The van der Waals surface area contributed by atoms with Crippen molar-refractivity contribution in [1.82, 2.24) is 4.90 Å². The molecule has 1 heterocycles. The number of amides is 1. The zero-order valence-electron chi connectivity index (χ0n) is 9.81. The third kappa shape index (κ3) is 2.36. The average Bonchev–Trinajstić information content (AvgIpc) is 2.25. The lowest BCUT2D eigenvalue weighted by Gasteiger charge is -2.29. The Bertz CT molecular complexity index is 613. The molecule has 0 aromatic heterocycles. The summed E-state index contributed by atoms with van der Waals surface area (Å²) in [5.74, 6) is -0.0963. The van der Waals surface area contributed by atoms with Gasteiger partial charge in [0.1, 0.15) is 4.90 Å². The second kappa shape index (κ2) is 4.53. The molecule has 7 heteroatoms. The van der Waals surface area contributed by atoms with Gasteiger partial charge in [0.25, 0.3) is 0 Å². The Morgan fingerprint density at radius 2 is 2.11 bits per heavy atom. The van der Waals surface area contributed by atoms with Crippen LogP contribution in [0.15, 0.2) is 17.0 Å². The number of benzene rings is 1. The topological polar surface area (TPSA) is 80.5 Å². The standard InChI is InChI=1S/C11H13ClN2O3S/c1-7(15)14-5-4-8-2-3-10(12)11(9(8)6-14)18(13,16)17/h2-3H,4-6H2,1H3,(H2,13,16,17). The molecule has 0 saturated heterocycles. The van der Waals surface area contributed by atoms with Gasteiger partial charge in [0, 0.05) is 20.0 Å². The lowest BCUT2D eigenvalue weighted by atomic mass is 10.00. The minimum Gasteiger partial charge on any atom is -0.338 e. The third-order valence-electron chi connectivity index (χ3n) is 3.04. The summed E-state index contributed by atoms with van der Waals surface area (Å²) in [6.45, 7) is 2.26. The van der Waals surface area contributed by atoms with E-state index in [1.54, 1.807) is 11.0 Å². The second-order valence-electron chi connectivity index (χ2n) is 4.25. The summed E-state index contributed by atoms with van der Waals surface area (Å²) in [4.78, 5) is 12.9. The summed E-state index contributed by atoms with van der Waals surface area (Å²) in [5, 5.41) is 5.29. The van der Waals surface area contributed by atoms with Crippen LogP contribution in [-0.4, -0.2) is 25.8 Å². The van der Waals surface area contributed by atoms with Crippen LogP contribution in [0.5, 0.6) is 0 Å². The van der Waals surface area contributed by atoms with Gasteiger partial charge in [0.15, 0.2) is 0 Å². The van der Waals surface area contributed by atoms with E-state index in [9.17, 15) is 13.2 Å². The molecule has 0 radical (unpaired) electrons. The van der Waals surface area contributed by atoms with Crippen molar-refractivity contribution in [2.75, 3.05) is 6.54 Å². The van der Waals surface area contributed by atoms with E-state index in [2.05, 4.69) is 0 Å². The monoisotopic (exact) mass is 288 g/mol. The summed E-state index contributed by atoms with van der Waals surface area (Å²) in [6.07, 6.45) is 0.606.